The normalized spacial score (nSPS) is 26.8. The van der Waals surface area contributed by atoms with Crippen molar-refractivity contribution in [3.63, 3.8) is 0 Å². The molecule has 0 unspecified atom stereocenters. The monoisotopic (exact) mass is 267 g/mol. The van der Waals surface area contributed by atoms with E-state index in [0.717, 1.165) is 32.4 Å². The van der Waals surface area contributed by atoms with Gasteiger partial charge in [0.25, 0.3) is 0 Å². The molecule has 1 aliphatic heterocycles. The van der Waals surface area contributed by atoms with Crippen LogP contribution in [0.1, 0.15) is 53.4 Å². The third-order valence-corrected chi connectivity index (χ3v) is 4.31. The fourth-order valence-electron chi connectivity index (χ4n) is 3.25. The highest BCUT2D eigenvalue weighted by Gasteiger charge is 2.45. The summed E-state index contributed by atoms with van der Waals surface area (Å²) >= 11 is 0. The Morgan fingerprint density at radius 3 is 2.32 bits per heavy atom. The van der Waals surface area contributed by atoms with Crippen LogP contribution in [0.4, 0.5) is 4.79 Å². The Hall–Kier alpha value is -1.06. The van der Waals surface area contributed by atoms with Crippen molar-refractivity contribution in [1.29, 1.82) is 0 Å². The summed E-state index contributed by atoms with van der Waals surface area (Å²) in [5.41, 5.74) is -0.279. The van der Waals surface area contributed by atoms with Crippen LogP contribution < -0.4 is 0 Å². The van der Waals surface area contributed by atoms with Gasteiger partial charge in [0, 0.05) is 25.4 Å². The van der Waals surface area contributed by atoms with Crippen LogP contribution in [-0.4, -0.2) is 35.5 Å². The molecule has 2 rings (SSSR count). The predicted octanol–water partition coefficient (Wildman–Crippen LogP) is 3.00. The number of likely N-dealkylation sites (tertiary alicyclic amines) is 1. The molecule has 4 nitrogen and oxygen atoms in total. The average molecular weight is 267 g/mol. The molecule has 1 aliphatic carbocycles. The van der Waals surface area contributed by atoms with E-state index >= 15 is 0 Å². The minimum absolute atomic E-state index is 0.162. The van der Waals surface area contributed by atoms with E-state index in [1.807, 2.05) is 27.7 Å². The molecule has 2 aliphatic rings. The van der Waals surface area contributed by atoms with Gasteiger partial charge in [-0.15, -0.1) is 0 Å². The Morgan fingerprint density at radius 2 is 1.89 bits per heavy atom. The third kappa shape index (κ3) is 3.28. The molecular formula is C15H25NO3. The lowest BCUT2D eigenvalue weighted by Gasteiger charge is -2.39. The second-order valence-corrected chi connectivity index (χ2v) is 7.22. The van der Waals surface area contributed by atoms with Crippen molar-refractivity contribution in [3.05, 3.63) is 0 Å². The van der Waals surface area contributed by atoms with Crippen molar-refractivity contribution in [2.45, 2.75) is 59.0 Å². The minimum atomic E-state index is -0.440. The van der Waals surface area contributed by atoms with Gasteiger partial charge in [0.15, 0.2) is 0 Å². The SMILES string of the molecule is C[C@@H]1CC2(CCN(C(=O)OC(C)(C)C)CC2)CC1=O. The van der Waals surface area contributed by atoms with Gasteiger partial charge in [0.2, 0.25) is 0 Å². The number of amides is 1. The van der Waals surface area contributed by atoms with Crippen LogP contribution in [0.3, 0.4) is 0 Å². The zero-order chi connectivity index (χ0) is 14.3. The summed E-state index contributed by atoms with van der Waals surface area (Å²) in [6.07, 6.45) is 3.34. The Kier molecular flexibility index (Phi) is 3.63. The van der Waals surface area contributed by atoms with Gasteiger partial charge in [0.05, 0.1) is 0 Å². The first-order chi connectivity index (χ1) is 8.71. The van der Waals surface area contributed by atoms with Crippen LogP contribution in [0.15, 0.2) is 0 Å². The topological polar surface area (TPSA) is 46.6 Å². The number of carbonyl (C=O) groups is 2. The Labute approximate surface area is 115 Å². The van der Waals surface area contributed by atoms with Crippen LogP contribution in [0.5, 0.6) is 0 Å². The van der Waals surface area contributed by atoms with Gasteiger partial charge in [-0.05, 0) is 45.4 Å². The highest BCUT2D eigenvalue weighted by Crippen LogP contribution is 2.47. The largest absolute Gasteiger partial charge is 0.444 e. The maximum Gasteiger partial charge on any atom is 0.410 e. The van der Waals surface area contributed by atoms with E-state index in [1.165, 1.54) is 0 Å². The summed E-state index contributed by atoms with van der Waals surface area (Å²) < 4.78 is 5.39. The van der Waals surface area contributed by atoms with E-state index in [-0.39, 0.29) is 17.4 Å². The first-order valence-electron chi connectivity index (χ1n) is 7.21. The maximum absolute atomic E-state index is 12.0. The molecule has 1 heterocycles. The van der Waals surface area contributed by atoms with Crippen LogP contribution in [0.25, 0.3) is 0 Å². The van der Waals surface area contributed by atoms with Crippen molar-refractivity contribution in [2.75, 3.05) is 13.1 Å². The van der Waals surface area contributed by atoms with Gasteiger partial charge in [-0.3, -0.25) is 4.79 Å². The van der Waals surface area contributed by atoms with Gasteiger partial charge in [-0.25, -0.2) is 4.79 Å². The first kappa shape index (κ1) is 14.4. The average Bonchev–Trinajstić information content (AvgIpc) is 2.52. The quantitative estimate of drug-likeness (QED) is 0.678. The van der Waals surface area contributed by atoms with Crippen molar-refractivity contribution in [2.24, 2.45) is 11.3 Å². The highest BCUT2D eigenvalue weighted by atomic mass is 16.6. The van der Waals surface area contributed by atoms with Gasteiger partial charge in [-0.1, -0.05) is 6.92 Å². The summed E-state index contributed by atoms with van der Waals surface area (Å²) in [7, 11) is 0. The third-order valence-electron chi connectivity index (χ3n) is 4.31. The van der Waals surface area contributed by atoms with E-state index in [1.54, 1.807) is 4.90 Å². The number of ether oxygens (including phenoxy) is 1. The summed E-state index contributed by atoms with van der Waals surface area (Å²) in [4.78, 5) is 25.5. The number of ketones is 1. The Balaban J connectivity index is 1.89. The Morgan fingerprint density at radius 1 is 1.32 bits per heavy atom. The van der Waals surface area contributed by atoms with Crippen molar-refractivity contribution in [1.82, 2.24) is 4.90 Å². The summed E-state index contributed by atoms with van der Waals surface area (Å²) in [6.45, 7) is 9.11. The number of rotatable bonds is 0. The maximum atomic E-state index is 12.0. The van der Waals surface area contributed by atoms with Gasteiger partial charge in [-0.2, -0.15) is 0 Å². The minimum Gasteiger partial charge on any atom is -0.444 e. The smallest absolute Gasteiger partial charge is 0.410 e. The van der Waals surface area contributed by atoms with Gasteiger partial charge < -0.3 is 9.64 Å². The van der Waals surface area contributed by atoms with Crippen molar-refractivity contribution >= 4 is 11.9 Å². The van der Waals surface area contributed by atoms with Crippen LogP contribution in [0.2, 0.25) is 0 Å². The van der Waals surface area contributed by atoms with E-state index in [4.69, 9.17) is 4.74 Å². The van der Waals surface area contributed by atoms with Crippen LogP contribution >= 0.6 is 0 Å². The summed E-state index contributed by atoms with van der Waals surface area (Å²) in [6, 6.07) is 0. The molecule has 1 saturated carbocycles. The molecular weight excluding hydrogens is 242 g/mol. The molecule has 1 spiro atoms. The Bertz CT molecular complexity index is 375. The number of piperidine rings is 1. The summed E-state index contributed by atoms with van der Waals surface area (Å²) in [5.74, 6) is 0.596. The molecule has 4 heteroatoms. The standard InChI is InChI=1S/C15H25NO3/c1-11-9-15(10-12(11)17)5-7-16(8-6-15)13(18)19-14(2,3)4/h11H,5-10H2,1-4H3/t11-/m1/s1. The molecule has 0 aromatic heterocycles. The highest BCUT2D eigenvalue weighted by molar-refractivity contribution is 5.83. The first-order valence-corrected chi connectivity index (χ1v) is 7.21. The second kappa shape index (κ2) is 4.80. The molecule has 0 aromatic carbocycles. The molecule has 0 aromatic rings. The molecule has 1 amide bonds. The van der Waals surface area contributed by atoms with E-state index < -0.39 is 5.60 Å². The van der Waals surface area contributed by atoms with E-state index in [9.17, 15) is 9.59 Å². The van der Waals surface area contributed by atoms with Crippen molar-refractivity contribution in [3.8, 4) is 0 Å². The molecule has 1 saturated heterocycles. The molecule has 2 fully saturated rings. The van der Waals surface area contributed by atoms with E-state index in [2.05, 4.69) is 0 Å². The molecule has 0 N–H and O–H groups in total. The predicted molar refractivity (Wildman–Crippen MR) is 72.9 cm³/mol. The van der Waals surface area contributed by atoms with Crippen molar-refractivity contribution < 1.29 is 14.3 Å². The van der Waals surface area contributed by atoms with Gasteiger partial charge >= 0.3 is 6.09 Å². The fourth-order valence-corrected chi connectivity index (χ4v) is 3.25. The second-order valence-electron chi connectivity index (χ2n) is 7.22. The molecule has 0 bridgehead atoms. The van der Waals surface area contributed by atoms with E-state index in [0.29, 0.717) is 12.2 Å². The lowest BCUT2D eigenvalue weighted by molar-refractivity contribution is -0.120. The number of hydrogen-bond donors (Lipinski definition) is 0. The number of carbonyl (C=O) groups excluding carboxylic acids is 2. The molecule has 19 heavy (non-hydrogen) atoms. The molecule has 0 radical (unpaired) electrons. The zero-order valence-corrected chi connectivity index (χ0v) is 12.5. The number of hydrogen-bond acceptors (Lipinski definition) is 3. The van der Waals surface area contributed by atoms with Crippen LogP contribution in [-0.2, 0) is 9.53 Å². The molecule has 108 valence electrons. The summed E-state index contributed by atoms with van der Waals surface area (Å²) in [5, 5.41) is 0. The fraction of sp³-hybridized carbons (Fsp3) is 0.867. The zero-order valence-electron chi connectivity index (χ0n) is 12.5. The number of nitrogens with zero attached hydrogens (tertiary/aromatic N) is 1. The molecule has 1 atom stereocenters. The lowest BCUT2D eigenvalue weighted by Crippen LogP contribution is -2.44. The van der Waals surface area contributed by atoms with Gasteiger partial charge in [0.1, 0.15) is 11.4 Å². The number of Topliss-reactive ketones (excluding diaryl/α,β-unsaturated/α-hetero) is 1. The lowest BCUT2D eigenvalue weighted by atomic mass is 9.76. The van der Waals surface area contributed by atoms with Crippen LogP contribution in [0, 0.1) is 11.3 Å².